The van der Waals surface area contributed by atoms with Crippen molar-refractivity contribution in [3.63, 3.8) is 0 Å². The van der Waals surface area contributed by atoms with Crippen molar-refractivity contribution >= 4 is 0 Å². The molecule has 0 radical (unpaired) electrons. The molecule has 0 aliphatic rings. The van der Waals surface area contributed by atoms with Crippen LogP contribution < -0.4 is 10.5 Å². The second kappa shape index (κ2) is 4.72. The molecule has 0 bridgehead atoms. The van der Waals surface area contributed by atoms with Gasteiger partial charge >= 0.3 is 0 Å². The monoisotopic (exact) mass is 166 g/mol. The molecule has 0 saturated heterocycles. The zero-order valence-electron chi connectivity index (χ0n) is 7.29. The van der Waals surface area contributed by atoms with E-state index in [2.05, 4.69) is 4.98 Å². The molecule has 1 heterocycles. The summed E-state index contributed by atoms with van der Waals surface area (Å²) in [6, 6.07) is 3.93. The molecule has 0 aromatic carbocycles. The molecule has 3 nitrogen and oxygen atoms in total. The van der Waals surface area contributed by atoms with E-state index in [4.69, 9.17) is 10.5 Å². The summed E-state index contributed by atoms with van der Waals surface area (Å²) in [5.74, 6) is 0.714. The van der Waals surface area contributed by atoms with Crippen LogP contribution in [0.2, 0.25) is 0 Å². The van der Waals surface area contributed by atoms with E-state index < -0.39 is 0 Å². The molecule has 0 aliphatic carbocycles. The summed E-state index contributed by atoms with van der Waals surface area (Å²) >= 11 is 0. The molecule has 0 saturated carbocycles. The number of nitrogens with two attached hydrogens (primary N) is 1. The molecule has 0 aliphatic heterocycles. The normalized spacial score (nSPS) is 9.83. The summed E-state index contributed by atoms with van der Waals surface area (Å²) in [7, 11) is 1.63. The molecule has 2 N–H and O–H groups in total. The topological polar surface area (TPSA) is 48.1 Å². The number of aryl methyl sites for hydroxylation is 1. The molecule has 0 spiro atoms. The van der Waals surface area contributed by atoms with Crippen molar-refractivity contribution in [2.24, 2.45) is 5.73 Å². The van der Waals surface area contributed by atoms with Crippen LogP contribution in [0.25, 0.3) is 0 Å². The smallest absolute Gasteiger partial charge is 0.216 e. The molecule has 0 unspecified atom stereocenters. The molecular formula is C9H14N2O. The van der Waals surface area contributed by atoms with Gasteiger partial charge in [0.05, 0.1) is 7.11 Å². The van der Waals surface area contributed by atoms with E-state index in [0.29, 0.717) is 12.4 Å². The van der Waals surface area contributed by atoms with Crippen LogP contribution in [0.3, 0.4) is 0 Å². The average molecular weight is 166 g/mol. The van der Waals surface area contributed by atoms with E-state index in [1.54, 1.807) is 13.3 Å². The molecule has 3 heteroatoms. The quantitative estimate of drug-likeness (QED) is 0.725. The Labute approximate surface area is 72.6 Å². The number of pyridine rings is 1. The van der Waals surface area contributed by atoms with Crippen LogP contribution in [-0.4, -0.2) is 18.6 Å². The number of rotatable bonds is 4. The van der Waals surface area contributed by atoms with Gasteiger partial charge < -0.3 is 10.5 Å². The minimum absolute atomic E-state index is 0.706. The number of nitrogens with zero attached hydrogens (tertiary/aromatic N) is 1. The van der Waals surface area contributed by atoms with Crippen molar-refractivity contribution in [2.75, 3.05) is 13.7 Å². The van der Waals surface area contributed by atoms with Crippen molar-refractivity contribution in [2.45, 2.75) is 12.8 Å². The van der Waals surface area contributed by atoms with E-state index in [9.17, 15) is 0 Å². The lowest BCUT2D eigenvalue weighted by atomic mass is 10.1. The third-order valence-corrected chi connectivity index (χ3v) is 1.69. The fourth-order valence-corrected chi connectivity index (χ4v) is 1.09. The molecule has 66 valence electrons. The molecule has 0 fully saturated rings. The Morgan fingerprint density at radius 3 is 3.08 bits per heavy atom. The van der Waals surface area contributed by atoms with Gasteiger partial charge in [0.2, 0.25) is 5.88 Å². The number of hydrogen-bond donors (Lipinski definition) is 1. The molecule has 12 heavy (non-hydrogen) atoms. The van der Waals surface area contributed by atoms with E-state index >= 15 is 0 Å². The zero-order valence-corrected chi connectivity index (χ0v) is 7.29. The first-order valence-electron chi connectivity index (χ1n) is 4.06. The third-order valence-electron chi connectivity index (χ3n) is 1.69. The van der Waals surface area contributed by atoms with Crippen molar-refractivity contribution in [1.29, 1.82) is 0 Å². The van der Waals surface area contributed by atoms with Crippen LogP contribution in [0.4, 0.5) is 0 Å². The minimum atomic E-state index is 0.706. The van der Waals surface area contributed by atoms with E-state index in [-0.39, 0.29) is 0 Å². The standard InChI is InChI=1S/C9H14N2O/c1-12-9-8(4-2-6-10)5-3-7-11-9/h3,5,7H,2,4,6,10H2,1H3. The Morgan fingerprint density at radius 2 is 2.42 bits per heavy atom. The van der Waals surface area contributed by atoms with Crippen molar-refractivity contribution < 1.29 is 4.74 Å². The van der Waals surface area contributed by atoms with Crippen LogP contribution >= 0.6 is 0 Å². The molecular weight excluding hydrogens is 152 g/mol. The van der Waals surface area contributed by atoms with Gasteiger partial charge in [-0.1, -0.05) is 6.07 Å². The lowest BCUT2D eigenvalue weighted by Crippen LogP contribution is -2.02. The SMILES string of the molecule is COc1ncccc1CCCN. The third kappa shape index (κ3) is 2.20. The van der Waals surface area contributed by atoms with Gasteiger partial charge in [-0.2, -0.15) is 0 Å². The predicted molar refractivity (Wildman–Crippen MR) is 48.2 cm³/mol. The Balaban J connectivity index is 2.68. The maximum Gasteiger partial charge on any atom is 0.216 e. The van der Waals surface area contributed by atoms with Crippen LogP contribution in [0, 0.1) is 0 Å². The summed E-state index contributed by atoms with van der Waals surface area (Å²) in [6.45, 7) is 0.706. The lowest BCUT2D eigenvalue weighted by molar-refractivity contribution is 0.392. The van der Waals surface area contributed by atoms with Gasteiger partial charge in [0.25, 0.3) is 0 Å². The maximum absolute atomic E-state index is 5.41. The van der Waals surface area contributed by atoms with Crippen LogP contribution in [-0.2, 0) is 6.42 Å². The number of aromatic nitrogens is 1. The molecule has 1 rings (SSSR count). The largest absolute Gasteiger partial charge is 0.481 e. The van der Waals surface area contributed by atoms with Crippen LogP contribution in [0.15, 0.2) is 18.3 Å². The first kappa shape index (κ1) is 9.00. The Bertz CT molecular complexity index is 238. The van der Waals surface area contributed by atoms with Gasteiger partial charge in [-0.25, -0.2) is 4.98 Å². The lowest BCUT2D eigenvalue weighted by Gasteiger charge is -2.04. The second-order valence-electron chi connectivity index (χ2n) is 2.56. The maximum atomic E-state index is 5.41. The van der Waals surface area contributed by atoms with E-state index in [0.717, 1.165) is 18.4 Å². The van der Waals surface area contributed by atoms with Gasteiger partial charge in [-0.05, 0) is 25.5 Å². The number of hydrogen-bond acceptors (Lipinski definition) is 3. The van der Waals surface area contributed by atoms with Gasteiger partial charge in [0.1, 0.15) is 0 Å². The molecule has 1 aromatic rings. The number of ether oxygens (including phenoxy) is 1. The van der Waals surface area contributed by atoms with E-state index in [1.807, 2.05) is 12.1 Å². The van der Waals surface area contributed by atoms with Gasteiger partial charge in [-0.15, -0.1) is 0 Å². The summed E-state index contributed by atoms with van der Waals surface area (Å²) in [5.41, 5.74) is 6.54. The van der Waals surface area contributed by atoms with Crippen molar-refractivity contribution in [3.05, 3.63) is 23.9 Å². The highest BCUT2D eigenvalue weighted by Gasteiger charge is 2.00. The second-order valence-corrected chi connectivity index (χ2v) is 2.56. The number of methoxy groups -OCH3 is 1. The molecule has 1 aromatic heterocycles. The van der Waals surface area contributed by atoms with Gasteiger partial charge in [0, 0.05) is 11.8 Å². The fourth-order valence-electron chi connectivity index (χ4n) is 1.09. The Hall–Kier alpha value is -1.09. The molecule has 0 atom stereocenters. The van der Waals surface area contributed by atoms with Gasteiger partial charge in [-0.3, -0.25) is 0 Å². The summed E-state index contributed by atoms with van der Waals surface area (Å²) in [6.07, 6.45) is 3.64. The van der Waals surface area contributed by atoms with Gasteiger partial charge in [0.15, 0.2) is 0 Å². The summed E-state index contributed by atoms with van der Waals surface area (Å²) in [4.78, 5) is 4.09. The first-order chi connectivity index (χ1) is 5.88. The average Bonchev–Trinajstić information content (AvgIpc) is 2.15. The zero-order chi connectivity index (χ0) is 8.81. The highest BCUT2D eigenvalue weighted by Crippen LogP contribution is 2.14. The van der Waals surface area contributed by atoms with Crippen LogP contribution in [0.1, 0.15) is 12.0 Å². The molecule has 0 amide bonds. The van der Waals surface area contributed by atoms with Crippen LogP contribution in [0.5, 0.6) is 5.88 Å². The fraction of sp³-hybridized carbons (Fsp3) is 0.444. The Morgan fingerprint density at radius 1 is 1.58 bits per heavy atom. The summed E-state index contributed by atoms with van der Waals surface area (Å²) < 4.78 is 5.09. The van der Waals surface area contributed by atoms with Crippen molar-refractivity contribution in [3.8, 4) is 5.88 Å². The predicted octanol–water partition coefficient (Wildman–Crippen LogP) is 0.982. The highest BCUT2D eigenvalue weighted by molar-refractivity contribution is 5.25. The van der Waals surface area contributed by atoms with Crippen molar-refractivity contribution in [1.82, 2.24) is 4.98 Å². The highest BCUT2D eigenvalue weighted by atomic mass is 16.5. The Kier molecular flexibility index (Phi) is 3.54. The van der Waals surface area contributed by atoms with E-state index in [1.165, 1.54) is 0 Å². The first-order valence-corrected chi connectivity index (χ1v) is 4.06. The summed E-state index contributed by atoms with van der Waals surface area (Å²) in [5, 5.41) is 0. The minimum Gasteiger partial charge on any atom is -0.481 e.